The molecule has 142 valence electrons. The number of H-pyrrole nitrogens is 1. The molecule has 0 radical (unpaired) electrons. The number of nitrogens with zero attached hydrogens (tertiary/aromatic N) is 1. The van der Waals surface area contributed by atoms with Gasteiger partial charge in [-0.15, -0.1) is 0 Å². The van der Waals surface area contributed by atoms with Crippen LogP contribution in [0.1, 0.15) is 15.9 Å². The van der Waals surface area contributed by atoms with Crippen LogP contribution < -0.4 is 5.69 Å². The van der Waals surface area contributed by atoms with E-state index in [1.54, 1.807) is 48.7 Å². The second-order valence-electron chi connectivity index (χ2n) is 6.51. The number of hydrogen-bond acceptors (Lipinski definition) is 2. The lowest BCUT2D eigenvalue weighted by atomic mass is 10.1. The predicted octanol–water partition coefficient (Wildman–Crippen LogP) is 5.38. The number of nitrogens with one attached hydrogen (secondary N) is 1. The standard InChI is InChI=1S/C24H17ClN2O2/c25-20-12-9-17(10-13-20)11-14-23(28)19-7-4-8-21(15-19)27-16-22(26-24(27)29)18-5-2-1-3-6-18/h1-16H,(H,26,29). The maximum atomic E-state index is 12.6. The van der Waals surface area contributed by atoms with Crippen molar-refractivity contribution in [1.82, 2.24) is 9.55 Å². The second kappa shape index (κ2) is 8.17. The van der Waals surface area contributed by atoms with Gasteiger partial charge in [0.25, 0.3) is 0 Å². The first-order chi connectivity index (χ1) is 14.1. The van der Waals surface area contributed by atoms with Gasteiger partial charge in [-0.1, -0.05) is 72.3 Å². The molecule has 0 aliphatic heterocycles. The zero-order valence-corrected chi connectivity index (χ0v) is 16.1. The first-order valence-electron chi connectivity index (χ1n) is 9.06. The molecule has 0 aliphatic rings. The molecule has 29 heavy (non-hydrogen) atoms. The minimum Gasteiger partial charge on any atom is -0.305 e. The van der Waals surface area contributed by atoms with Crippen LogP contribution in [0.25, 0.3) is 23.0 Å². The van der Waals surface area contributed by atoms with E-state index in [9.17, 15) is 9.59 Å². The van der Waals surface area contributed by atoms with Crippen molar-refractivity contribution in [2.24, 2.45) is 0 Å². The van der Waals surface area contributed by atoms with E-state index in [0.717, 1.165) is 16.8 Å². The third kappa shape index (κ3) is 4.28. The number of rotatable bonds is 5. The Hall–Kier alpha value is -3.63. The summed E-state index contributed by atoms with van der Waals surface area (Å²) in [6.45, 7) is 0. The molecule has 1 heterocycles. The molecular formula is C24H17ClN2O2. The summed E-state index contributed by atoms with van der Waals surface area (Å²) in [5.74, 6) is -0.145. The van der Waals surface area contributed by atoms with Crippen LogP contribution in [0, 0.1) is 0 Å². The smallest absolute Gasteiger partial charge is 0.305 e. The van der Waals surface area contributed by atoms with Gasteiger partial charge in [-0.25, -0.2) is 4.79 Å². The Morgan fingerprint density at radius 2 is 1.69 bits per heavy atom. The Morgan fingerprint density at radius 1 is 0.931 bits per heavy atom. The highest BCUT2D eigenvalue weighted by atomic mass is 35.5. The Morgan fingerprint density at radius 3 is 2.45 bits per heavy atom. The fourth-order valence-electron chi connectivity index (χ4n) is 3.00. The summed E-state index contributed by atoms with van der Waals surface area (Å²) < 4.78 is 1.50. The molecule has 1 aromatic heterocycles. The summed E-state index contributed by atoms with van der Waals surface area (Å²) in [5.41, 5.74) is 3.39. The van der Waals surface area contributed by atoms with Gasteiger partial charge < -0.3 is 4.98 Å². The van der Waals surface area contributed by atoms with Gasteiger partial charge in [-0.2, -0.15) is 0 Å². The summed E-state index contributed by atoms with van der Waals surface area (Å²) in [4.78, 5) is 27.9. The van der Waals surface area contributed by atoms with Gasteiger partial charge in [0.05, 0.1) is 11.4 Å². The van der Waals surface area contributed by atoms with Crippen molar-refractivity contribution in [3.63, 3.8) is 0 Å². The summed E-state index contributed by atoms with van der Waals surface area (Å²) in [5, 5.41) is 0.646. The molecule has 1 N–H and O–H groups in total. The average molecular weight is 401 g/mol. The Kier molecular flexibility index (Phi) is 5.27. The number of allylic oxidation sites excluding steroid dienone is 1. The van der Waals surface area contributed by atoms with Crippen LogP contribution in [0.4, 0.5) is 0 Å². The molecule has 4 nitrogen and oxygen atoms in total. The van der Waals surface area contributed by atoms with Crippen molar-refractivity contribution in [2.75, 3.05) is 0 Å². The fraction of sp³-hybridized carbons (Fsp3) is 0. The van der Waals surface area contributed by atoms with Crippen LogP contribution in [0.15, 0.2) is 95.9 Å². The van der Waals surface area contributed by atoms with Crippen LogP contribution in [-0.2, 0) is 0 Å². The van der Waals surface area contributed by atoms with Gasteiger partial charge in [0, 0.05) is 16.8 Å². The molecule has 0 aliphatic carbocycles. The number of halogens is 1. The van der Waals surface area contributed by atoms with E-state index < -0.39 is 0 Å². The van der Waals surface area contributed by atoms with E-state index in [1.807, 2.05) is 42.5 Å². The largest absolute Gasteiger partial charge is 0.330 e. The van der Waals surface area contributed by atoms with Crippen LogP contribution in [0.2, 0.25) is 5.02 Å². The Labute approximate surface area is 172 Å². The maximum Gasteiger partial charge on any atom is 0.330 e. The summed E-state index contributed by atoms with van der Waals surface area (Å²) in [6.07, 6.45) is 4.99. The van der Waals surface area contributed by atoms with E-state index in [2.05, 4.69) is 4.98 Å². The predicted molar refractivity (Wildman–Crippen MR) is 117 cm³/mol. The Bertz CT molecular complexity index is 1240. The van der Waals surface area contributed by atoms with Gasteiger partial charge >= 0.3 is 5.69 Å². The average Bonchev–Trinajstić information content (AvgIpc) is 3.15. The van der Waals surface area contributed by atoms with E-state index in [1.165, 1.54) is 10.6 Å². The highest BCUT2D eigenvalue weighted by Crippen LogP contribution is 2.18. The van der Waals surface area contributed by atoms with Crippen molar-refractivity contribution < 1.29 is 4.79 Å². The Balaban J connectivity index is 1.61. The summed E-state index contributed by atoms with van der Waals surface area (Å²) in [6, 6.07) is 23.8. The van der Waals surface area contributed by atoms with Crippen molar-refractivity contribution >= 4 is 23.5 Å². The molecule has 0 atom stereocenters. The van der Waals surface area contributed by atoms with Crippen molar-refractivity contribution in [3.05, 3.63) is 118 Å². The van der Waals surface area contributed by atoms with Crippen LogP contribution in [0.5, 0.6) is 0 Å². The first kappa shape index (κ1) is 18.7. The topological polar surface area (TPSA) is 54.9 Å². The molecule has 3 aromatic carbocycles. The van der Waals surface area contributed by atoms with E-state index >= 15 is 0 Å². The summed E-state index contributed by atoms with van der Waals surface area (Å²) >= 11 is 5.88. The molecule has 0 amide bonds. The third-order valence-corrected chi connectivity index (χ3v) is 4.76. The molecule has 0 saturated carbocycles. The van der Waals surface area contributed by atoms with Gasteiger partial charge in [0.15, 0.2) is 5.78 Å². The van der Waals surface area contributed by atoms with Gasteiger partial charge in [-0.3, -0.25) is 9.36 Å². The van der Waals surface area contributed by atoms with Gasteiger partial charge in [0.1, 0.15) is 0 Å². The third-order valence-electron chi connectivity index (χ3n) is 4.51. The number of hydrogen-bond donors (Lipinski definition) is 1. The minimum atomic E-state index is -0.259. The zero-order valence-electron chi connectivity index (χ0n) is 15.4. The number of ketones is 1. The van der Waals surface area contributed by atoms with E-state index in [0.29, 0.717) is 16.3 Å². The molecule has 5 heteroatoms. The van der Waals surface area contributed by atoms with Gasteiger partial charge in [0.2, 0.25) is 0 Å². The highest BCUT2D eigenvalue weighted by molar-refractivity contribution is 6.30. The molecule has 0 spiro atoms. The number of benzene rings is 3. The lowest BCUT2D eigenvalue weighted by Gasteiger charge is -2.03. The van der Waals surface area contributed by atoms with E-state index in [-0.39, 0.29) is 11.5 Å². The molecule has 0 saturated heterocycles. The number of aromatic nitrogens is 2. The normalized spacial score (nSPS) is 11.1. The minimum absolute atomic E-state index is 0.145. The lowest BCUT2D eigenvalue weighted by molar-refractivity contribution is 0.104. The van der Waals surface area contributed by atoms with Crippen LogP contribution in [0.3, 0.4) is 0 Å². The van der Waals surface area contributed by atoms with Crippen LogP contribution >= 0.6 is 11.6 Å². The molecule has 4 aromatic rings. The van der Waals surface area contributed by atoms with Crippen molar-refractivity contribution in [3.8, 4) is 16.9 Å². The zero-order chi connectivity index (χ0) is 20.2. The van der Waals surface area contributed by atoms with Crippen LogP contribution in [-0.4, -0.2) is 15.3 Å². The fourth-order valence-corrected chi connectivity index (χ4v) is 3.13. The summed E-state index contributed by atoms with van der Waals surface area (Å²) in [7, 11) is 0. The lowest BCUT2D eigenvalue weighted by Crippen LogP contribution is -2.14. The molecule has 4 rings (SSSR count). The first-order valence-corrected chi connectivity index (χ1v) is 9.43. The van der Waals surface area contributed by atoms with Crippen molar-refractivity contribution in [2.45, 2.75) is 0 Å². The quantitative estimate of drug-likeness (QED) is 0.361. The number of carbonyl (C=O) groups is 1. The molecular weight excluding hydrogens is 384 g/mol. The maximum absolute atomic E-state index is 12.6. The van der Waals surface area contributed by atoms with Crippen molar-refractivity contribution in [1.29, 1.82) is 0 Å². The highest BCUT2D eigenvalue weighted by Gasteiger charge is 2.09. The van der Waals surface area contributed by atoms with Gasteiger partial charge in [-0.05, 0) is 41.5 Å². The molecule has 0 unspecified atom stereocenters. The second-order valence-corrected chi connectivity index (χ2v) is 6.94. The molecule has 0 bridgehead atoms. The number of aromatic amines is 1. The number of imidazole rings is 1. The monoisotopic (exact) mass is 400 g/mol. The number of carbonyl (C=O) groups excluding carboxylic acids is 1. The SMILES string of the molecule is O=C(C=Cc1ccc(Cl)cc1)c1cccc(-n2cc(-c3ccccc3)[nH]c2=O)c1. The molecule has 0 fully saturated rings. The van der Waals surface area contributed by atoms with E-state index in [4.69, 9.17) is 11.6 Å².